The first-order valence-corrected chi connectivity index (χ1v) is 11.5. The molecule has 6 N–H and O–H groups in total. The Morgan fingerprint density at radius 3 is 2.69 bits per heavy atom. The molecule has 0 bridgehead atoms. The first kappa shape index (κ1) is 23.3. The number of amides is 2. The molecule has 0 radical (unpaired) electrons. The van der Waals surface area contributed by atoms with Crippen molar-refractivity contribution in [2.75, 3.05) is 26.2 Å². The summed E-state index contributed by atoms with van der Waals surface area (Å²) in [5.41, 5.74) is 10.2. The third kappa shape index (κ3) is 6.08. The molecule has 2 amide bonds. The summed E-state index contributed by atoms with van der Waals surface area (Å²) in [4.78, 5) is 31.1. The molecule has 0 spiro atoms. The summed E-state index contributed by atoms with van der Waals surface area (Å²) in [6, 6.07) is 11.3. The Labute approximate surface area is 185 Å². The van der Waals surface area contributed by atoms with Gasteiger partial charge in [-0.2, -0.15) is 4.72 Å². The third-order valence-electron chi connectivity index (χ3n) is 4.88. The smallest absolute Gasteiger partial charge is 0.241 e. The van der Waals surface area contributed by atoms with E-state index in [1.54, 1.807) is 12.1 Å². The number of carbonyl (C=O) groups is 2. The van der Waals surface area contributed by atoms with Crippen LogP contribution in [0.4, 0.5) is 0 Å². The second-order valence-corrected chi connectivity index (χ2v) is 9.00. The zero-order valence-electron chi connectivity index (χ0n) is 17.4. The highest BCUT2D eigenvalue weighted by Crippen LogP contribution is 2.20. The van der Waals surface area contributed by atoms with E-state index in [1.165, 1.54) is 11.0 Å². The SMILES string of the molecule is NC(N)=NOCCNC(=O)CN1CCCC(NS(=O)(=O)c2ccc3ccccc3c2)C1=O. The van der Waals surface area contributed by atoms with E-state index in [2.05, 4.69) is 15.2 Å². The lowest BCUT2D eigenvalue weighted by atomic mass is 10.1. The molecule has 1 fully saturated rings. The van der Waals surface area contributed by atoms with Crippen LogP contribution in [0.15, 0.2) is 52.5 Å². The second kappa shape index (κ2) is 10.3. The summed E-state index contributed by atoms with van der Waals surface area (Å²) in [7, 11) is -3.91. The molecular weight excluding hydrogens is 436 g/mol. The van der Waals surface area contributed by atoms with Crippen molar-refractivity contribution in [3.8, 4) is 0 Å². The molecule has 0 saturated carbocycles. The zero-order valence-corrected chi connectivity index (χ0v) is 18.2. The van der Waals surface area contributed by atoms with Crippen molar-refractivity contribution in [2.24, 2.45) is 16.6 Å². The Morgan fingerprint density at radius 1 is 1.19 bits per heavy atom. The van der Waals surface area contributed by atoms with E-state index >= 15 is 0 Å². The first-order valence-electron chi connectivity index (χ1n) is 10.0. The third-order valence-corrected chi connectivity index (χ3v) is 6.35. The van der Waals surface area contributed by atoms with Crippen LogP contribution in [0, 0.1) is 0 Å². The number of benzene rings is 2. The molecule has 1 saturated heterocycles. The summed E-state index contributed by atoms with van der Waals surface area (Å²) in [5.74, 6) is -1.07. The van der Waals surface area contributed by atoms with Gasteiger partial charge in [0.15, 0.2) is 0 Å². The molecule has 1 unspecified atom stereocenters. The number of carbonyl (C=O) groups excluding carboxylic acids is 2. The zero-order chi connectivity index (χ0) is 23.1. The van der Waals surface area contributed by atoms with E-state index in [4.69, 9.17) is 16.3 Å². The van der Waals surface area contributed by atoms with Crippen molar-refractivity contribution < 1.29 is 22.8 Å². The Bertz CT molecular complexity index is 1120. The number of sulfonamides is 1. The second-order valence-electron chi connectivity index (χ2n) is 7.28. The number of hydrogen-bond acceptors (Lipinski definition) is 6. The Kier molecular flexibility index (Phi) is 7.49. The van der Waals surface area contributed by atoms with Gasteiger partial charge in [0.1, 0.15) is 12.6 Å². The molecule has 1 atom stereocenters. The average molecular weight is 463 g/mol. The van der Waals surface area contributed by atoms with Gasteiger partial charge in [0.25, 0.3) is 0 Å². The van der Waals surface area contributed by atoms with Crippen molar-refractivity contribution in [2.45, 2.75) is 23.8 Å². The van der Waals surface area contributed by atoms with Crippen LogP contribution in [0.25, 0.3) is 10.8 Å². The number of rotatable bonds is 9. The number of nitrogens with zero attached hydrogens (tertiary/aromatic N) is 2. The summed E-state index contributed by atoms with van der Waals surface area (Å²) < 4.78 is 28.2. The highest BCUT2D eigenvalue weighted by atomic mass is 32.2. The molecule has 2 aromatic carbocycles. The van der Waals surface area contributed by atoms with Gasteiger partial charge in [-0.05, 0) is 40.9 Å². The number of nitrogens with two attached hydrogens (primary N) is 2. The minimum absolute atomic E-state index is 0.0613. The average Bonchev–Trinajstić information content (AvgIpc) is 2.75. The van der Waals surface area contributed by atoms with E-state index in [1.807, 2.05) is 24.3 Å². The van der Waals surface area contributed by atoms with Gasteiger partial charge in [0.2, 0.25) is 27.8 Å². The summed E-state index contributed by atoms with van der Waals surface area (Å²) in [6.45, 7) is 0.391. The van der Waals surface area contributed by atoms with Gasteiger partial charge in [0.05, 0.1) is 18.0 Å². The lowest BCUT2D eigenvalue weighted by Gasteiger charge is -2.32. The lowest BCUT2D eigenvalue weighted by molar-refractivity contribution is -0.139. The molecule has 1 aliphatic heterocycles. The maximum atomic E-state index is 12.9. The van der Waals surface area contributed by atoms with Crippen LogP contribution in [0.5, 0.6) is 0 Å². The van der Waals surface area contributed by atoms with Crippen LogP contribution in [-0.2, 0) is 24.4 Å². The molecule has 2 aromatic rings. The van der Waals surface area contributed by atoms with Crippen molar-refractivity contribution in [3.63, 3.8) is 0 Å². The fraction of sp³-hybridized carbons (Fsp3) is 0.350. The molecule has 0 aliphatic carbocycles. The van der Waals surface area contributed by atoms with Crippen molar-refractivity contribution >= 4 is 38.6 Å². The highest BCUT2D eigenvalue weighted by Gasteiger charge is 2.33. The summed E-state index contributed by atoms with van der Waals surface area (Å²) in [6.07, 6.45) is 0.924. The number of nitrogens with one attached hydrogen (secondary N) is 2. The van der Waals surface area contributed by atoms with Crippen LogP contribution < -0.4 is 21.5 Å². The normalized spacial score (nSPS) is 16.6. The van der Waals surface area contributed by atoms with Crippen molar-refractivity contribution in [1.82, 2.24) is 14.9 Å². The van der Waals surface area contributed by atoms with Crippen molar-refractivity contribution in [1.29, 1.82) is 0 Å². The van der Waals surface area contributed by atoms with E-state index < -0.39 is 27.9 Å². The molecule has 12 heteroatoms. The molecule has 32 heavy (non-hydrogen) atoms. The van der Waals surface area contributed by atoms with Gasteiger partial charge < -0.3 is 26.5 Å². The predicted octanol–water partition coefficient (Wildman–Crippen LogP) is -0.570. The van der Waals surface area contributed by atoms with Gasteiger partial charge in [-0.25, -0.2) is 8.42 Å². The van der Waals surface area contributed by atoms with Crippen molar-refractivity contribution in [3.05, 3.63) is 42.5 Å². The van der Waals surface area contributed by atoms with E-state index in [0.717, 1.165) is 10.8 Å². The standard InChI is InChI=1S/C20H26N6O5S/c21-20(22)24-31-11-9-23-18(27)13-26-10-3-6-17(19(26)28)25-32(29,30)16-8-7-14-4-1-2-5-15(14)12-16/h1-2,4-5,7-8,12,17,25H,3,6,9-11,13H2,(H,23,27)(H4,21,22,24). The van der Waals surface area contributed by atoms with E-state index in [9.17, 15) is 18.0 Å². The van der Waals surface area contributed by atoms with Crippen LogP contribution in [0.1, 0.15) is 12.8 Å². The number of hydrogen-bond donors (Lipinski definition) is 4. The number of oxime groups is 1. The van der Waals surface area contributed by atoms with Crippen LogP contribution in [0.2, 0.25) is 0 Å². The van der Waals surface area contributed by atoms with E-state index in [-0.39, 0.29) is 30.6 Å². The quantitative estimate of drug-likeness (QED) is 0.167. The van der Waals surface area contributed by atoms with Crippen LogP contribution in [-0.4, -0.2) is 63.4 Å². The van der Waals surface area contributed by atoms with Gasteiger partial charge in [-0.1, -0.05) is 30.3 Å². The summed E-state index contributed by atoms with van der Waals surface area (Å²) in [5, 5.41) is 7.61. The molecule has 1 heterocycles. The topological polar surface area (TPSA) is 169 Å². The minimum Gasteiger partial charge on any atom is -0.391 e. The number of guanidine groups is 1. The molecule has 3 rings (SSSR count). The van der Waals surface area contributed by atoms with Gasteiger partial charge in [0, 0.05) is 6.54 Å². The van der Waals surface area contributed by atoms with Gasteiger partial charge >= 0.3 is 0 Å². The molecule has 0 aromatic heterocycles. The first-order chi connectivity index (χ1) is 15.3. The maximum absolute atomic E-state index is 12.9. The predicted molar refractivity (Wildman–Crippen MR) is 119 cm³/mol. The van der Waals surface area contributed by atoms with Gasteiger partial charge in [-0.15, -0.1) is 0 Å². The molecular formula is C20H26N6O5S. The van der Waals surface area contributed by atoms with Gasteiger partial charge in [-0.3, -0.25) is 9.59 Å². The van der Waals surface area contributed by atoms with Crippen LogP contribution in [0.3, 0.4) is 0 Å². The minimum atomic E-state index is -3.91. The van der Waals surface area contributed by atoms with Crippen LogP contribution >= 0.6 is 0 Å². The molecule has 172 valence electrons. The number of likely N-dealkylation sites (tertiary alicyclic amines) is 1. The highest BCUT2D eigenvalue weighted by molar-refractivity contribution is 7.89. The summed E-state index contributed by atoms with van der Waals surface area (Å²) >= 11 is 0. The monoisotopic (exact) mass is 462 g/mol. The Hall–Kier alpha value is -3.38. The fourth-order valence-electron chi connectivity index (χ4n) is 3.38. The number of piperidine rings is 1. The fourth-order valence-corrected chi connectivity index (χ4v) is 4.64. The Morgan fingerprint density at radius 2 is 1.94 bits per heavy atom. The maximum Gasteiger partial charge on any atom is 0.241 e. The number of fused-ring (bicyclic) bond motifs is 1. The largest absolute Gasteiger partial charge is 0.391 e. The lowest BCUT2D eigenvalue weighted by Crippen LogP contribution is -2.54. The Balaban J connectivity index is 1.58. The molecule has 1 aliphatic rings. The van der Waals surface area contributed by atoms with E-state index in [0.29, 0.717) is 19.4 Å². The molecule has 11 nitrogen and oxygen atoms in total.